The number of carbonyl (C=O) groups excluding carboxylic acids is 1. The number of aryl methyl sites for hydroxylation is 1. The maximum absolute atomic E-state index is 13.5. The zero-order chi connectivity index (χ0) is 18.6. The number of nitrogens with one attached hydrogen (secondary N) is 1. The van der Waals surface area contributed by atoms with Gasteiger partial charge in [-0.1, -0.05) is 36.4 Å². The molecule has 0 aromatic heterocycles. The van der Waals surface area contributed by atoms with Gasteiger partial charge in [0.2, 0.25) is 5.91 Å². The number of phenolic OH excluding ortho intramolecular Hbond substituents is 2. The lowest BCUT2D eigenvalue weighted by molar-refractivity contribution is -0.118. The van der Waals surface area contributed by atoms with Gasteiger partial charge in [0.05, 0.1) is 0 Å². The van der Waals surface area contributed by atoms with E-state index in [0.717, 1.165) is 41.6 Å². The molecule has 1 aliphatic carbocycles. The molecule has 0 radical (unpaired) electrons. The Labute approximate surface area is 157 Å². The minimum atomic E-state index is -1.01. The van der Waals surface area contributed by atoms with Crippen molar-refractivity contribution in [1.29, 1.82) is 0 Å². The van der Waals surface area contributed by atoms with Crippen LogP contribution >= 0.6 is 0 Å². The first-order chi connectivity index (χ1) is 13.1. The fourth-order valence-electron chi connectivity index (χ4n) is 4.61. The van der Waals surface area contributed by atoms with Crippen LogP contribution in [0.4, 0.5) is 5.69 Å². The molecule has 3 N–H and O–H groups in total. The number of rotatable bonds is 2. The second-order valence-electron chi connectivity index (χ2n) is 7.28. The van der Waals surface area contributed by atoms with Crippen molar-refractivity contribution in [1.82, 2.24) is 0 Å². The van der Waals surface area contributed by atoms with Gasteiger partial charge in [-0.2, -0.15) is 0 Å². The molecule has 2 aliphatic rings. The summed E-state index contributed by atoms with van der Waals surface area (Å²) in [5.41, 5.74) is 4.98. The van der Waals surface area contributed by atoms with E-state index in [1.807, 2.05) is 0 Å². The summed E-state index contributed by atoms with van der Waals surface area (Å²) in [4.78, 5) is 13.5. The third kappa shape index (κ3) is 2.13. The number of hydrogen-bond donors (Lipinski definition) is 3. The molecule has 3 aromatic carbocycles. The quantitative estimate of drug-likeness (QED) is 0.652. The van der Waals surface area contributed by atoms with Gasteiger partial charge in [-0.25, -0.2) is 0 Å². The zero-order valence-electron chi connectivity index (χ0n) is 14.7. The summed E-state index contributed by atoms with van der Waals surface area (Å²) in [7, 11) is 0. The van der Waals surface area contributed by atoms with Crippen molar-refractivity contribution in [2.45, 2.75) is 24.7 Å². The lowest BCUT2D eigenvalue weighted by Gasteiger charge is -2.29. The van der Waals surface area contributed by atoms with E-state index < -0.39 is 5.41 Å². The van der Waals surface area contributed by atoms with Crippen molar-refractivity contribution in [3.05, 3.63) is 88.5 Å². The third-order valence-electron chi connectivity index (χ3n) is 5.87. The van der Waals surface area contributed by atoms with Gasteiger partial charge >= 0.3 is 0 Å². The molecule has 134 valence electrons. The first-order valence-electron chi connectivity index (χ1n) is 9.16. The first kappa shape index (κ1) is 15.9. The Morgan fingerprint density at radius 2 is 1.37 bits per heavy atom. The third-order valence-corrected chi connectivity index (χ3v) is 5.87. The molecule has 4 heteroatoms. The van der Waals surface area contributed by atoms with E-state index in [1.165, 1.54) is 11.1 Å². The molecule has 1 heterocycles. The fraction of sp³-hybridized carbons (Fsp3) is 0.174. The van der Waals surface area contributed by atoms with Crippen LogP contribution in [0.3, 0.4) is 0 Å². The summed E-state index contributed by atoms with van der Waals surface area (Å²) < 4.78 is 0. The highest BCUT2D eigenvalue weighted by Gasteiger charge is 2.50. The molecule has 27 heavy (non-hydrogen) atoms. The predicted octanol–water partition coefficient (Wildman–Crippen LogP) is 3.87. The molecule has 1 aliphatic heterocycles. The average molecular weight is 357 g/mol. The van der Waals surface area contributed by atoms with Crippen LogP contribution in [-0.2, 0) is 23.1 Å². The van der Waals surface area contributed by atoms with E-state index in [1.54, 1.807) is 48.5 Å². The monoisotopic (exact) mass is 357 g/mol. The number of amides is 1. The van der Waals surface area contributed by atoms with Gasteiger partial charge in [-0.3, -0.25) is 4.79 Å². The molecule has 3 aromatic rings. The lowest BCUT2D eigenvalue weighted by Crippen LogP contribution is -2.36. The van der Waals surface area contributed by atoms with Crippen molar-refractivity contribution in [2.75, 3.05) is 5.32 Å². The van der Waals surface area contributed by atoms with Crippen LogP contribution in [-0.4, -0.2) is 16.1 Å². The summed E-state index contributed by atoms with van der Waals surface area (Å²) in [6, 6.07) is 17.8. The van der Waals surface area contributed by atoms with E-state index in [9.17, 15) is 15.0 Å². The first-order valence-corrected chi connectivity index (χ1v) is 9.16. The van der Waals surface area contributed by atoms with Gasteiger partial charge in [0.25, 0.3) is 0 Å². The van der Waals surface area contributed by atoms with Gasteiger partial charge in [0, 0.05) is 11.3 Å². The van der Waals surface area contributed by atoms with E-state index >= 15 is 0 Å². The number of phenols is 2. The molecule has 0 fully saturated rings. The summed E-state index contributed by atoms with van der Waals surface area (Å²) in [5.74, 6) is 0.216. The molecule has 0 saturated heterocycles. The van der Waals surface area contributed by atoms with Crippen LogP contribution in [0.1, 0.15) is 34.2 Å². The highest BCUT2D eigenvalue weighted by molar-refractivity contribution is 6.12. The van der Waals surface area contributed by atoms with E-state index in [-0.39, 0.29) is 17.4 Å². The van der Waals surface area contributed by atoms with Crippen molar-refractivity contribution >= 4 is 11.6 Å². The second kappa shape index (κ2) is 5.61. The number of fused-ring (bicyclic) bond motifs is 3. The summed E-state index contributed by atoms with van der Waals surface area (Å²) in [6.45, 7) is 0. The molecule has 5 rings (SSSR count). The van der Waals surface area contributed by atoms with Crippen LogP contribution in [0.15, 0.2) is 60.7 Å². The van der Waals surface area contributed by atoms with Crippen LogP contribution in [0.25, 0.3) is 0 Å². The molecular formula is C23H19NO3. The Hall–Kier alpha value is -3.27. The maximum Gasteiger partial charge on any atom is 0.244 e. The van der Waals surface area contributed by atoms with Gasteiger partial charge in [0.15, 0.2) is 0 Å². The van der Waals surface area contributed by atoms with E-state index in [4.69, 9.17) is 0 Å². The van der Waals surface area contributed by atoms with Crippen LogP contribution in [0.2, 0.25) is 0 Å². The van der Waals surface area contributed by atoms with Crippen LogP contribution in [0.5, 0.6) is 11.5 Å². The van der Waals surface area contributed by atoms with Crippen molar-refractivity contribution in [2.24, 2.45) is 0 Å². The average Bonchev–Trinajstić information content (AvgIpc) is 3.25. The normalized spacial score (nSPS) is 16.7. The SMILES string of the molecule is O=C1Nc2c(ccc3c2CCC3)C1(c1ccc(O)cc1)c1ccc(O)cc1. The molecule has 1 amide bonds. The molecule has 0 unspecified atom stereocenters. The van der Waals surface area contributed by atoms with Crippen LogP contribution in [0, 0.1) is 0 Å². The van der Waals surface area contributed by atoms with Gasteiger partial charge in [-0.05, 0) is 65.8 Å². The lowest BCUT2D eigenvalue weighted by atomic mass is 9.70. The molecule has 0 saturated carbocycles. The molecular weight excluding hydrogens is 338 g/mol. The molecule has 4 nitrogen and oxygen atoms in total. The zero-order valence-corrected chi connectivity index (χ0v) is 14.7. The van der Waals surface area contributed by atoms with E-state index in [0.29, 0.717) is 0 Å². The summed E-state index contributed by atoms with van der Waals surface area (Å²) in [6.07, 6.45) is 3.12. The molecule has 0 spiro atoms. The number of benzene rings is 3. The number of aromatic hydroxyl groups is 2. The molecule has 0 bridgehead atoms. The standard InChI is InChI=1S/C23H19NO3/c25-17-9-5-15(6-10-17)23(16-7-11-18(26)12-8-16)20-13-4-14-2-1-3-19(14)21(20)24-22(23)27/h4-13,25-26H,1-3H2,(H,24,27). The Morgan fingerprint density at radius 1 is 0.778 bits per heavy atom. The highest BCUT2D eigenvalue weighted by atomic mass is 16.3. The topological polar surface area (TPSA) is 69.6 Å². The highest BCUT2D eigenvalue weighted by Crippen LogP contribution is 2.50. The van der Waals surface area contributed by atoms with Crippen LogP contribution < -0.4 is 5.32 Å². The van der Waals surface area contributed by atoms with Crippen molar-refractivity contribution < 1.29 is 15.0 Å². The Bertz CT molecular complexity index is 1010. The van der Waals surface area contributed by atoms with Gasteiger partial charge in [0.1, 0.15) is 16.9 Å². The minimum absolute atomic E-state index is 0.103. The van der Waals surface area contributed by atoms with Gasteiger partial charge in [-0.15, -0.1) is 0 Å². The number of anilines is 1. The Morgan fingerprint density at radius 3 is 1.96 bits per heavy atom. The fourth-order valence-corrected chi connectivity index (χ4v) is 4.61. The van der Waals surface area contributed by atoms with Gasteiger partial charge < -0.3 is 15.5 Å². The maximum atomic E-state index is 13.5. The number of carbonyl (C=O) groups is 1. The van der Waals surface area contributed by atoms with Crippen molar-refractivity contribution in [3.63, 3.8) is 0 Å². The smallest absolute Gasteiger partial charge is 0.244 e. The number of hydrogen-bond acceptors (Lipinski definition) is 3. The largest absolute Gasteiger partial charge is 0.508 e. The van der Waals surface area contributed by atoms with E-state index in [2.05, 4.69) is 17.4 Å². The minimum Gasteiger partial charge on any atom is -0.508 e. The Kier molecular flexibility index (Phi) is 3.31. The second-order valence-corrected chi connectivity index (χ2v) is 7.28. The van der Waals surface area contributed by atoms with Crippen molar-refractivity contribution in [3.8, 4) is 11.5 Å². The predicted molar refractivity (Wildman–Crippen MR) is 103 cm³/mol. The Balaban J connectivity index is 1.84. The molecule has 0 atom stereocenters. The summed E-state index contributed by atoms with van der Waals surface area (Å²) in [5, 5.41) is 22.6. The summed E-state index contributed by atoms with van der Waals surface area (Å²) >= 11 is 0.